The van der Waals surface area contributed by atoms with Gasteiger partial charge in [-0.05, 0) is 50.6 Å². The molecule has 1 atom stereocenters. The van der Waals surface area contributed by atoms with E-state index in [-0.39, 0.29) is 6.04 Å². The Morgan fingerprint density at radius 1 is 0.852 bits per heavy atom. The molecule has 0 saturated carbocycles. The molecule has 0 spiro atoms. The number of hydrogen-bond acceptors (Lipinski definition) is 4. The topological polar surface area (TPSA) is 55.6 Å². The monoisotopic (exact) mass is 359 g/mol. The smallest absolute Gasteiger partial charge is 0.248 e. The van der Waals surface area contributed by atoms with Gasteiger partial charge in [-0.15, -0.1) is 0 Å². The summed E-state index contributed by atoms with van der Waals surface area (Å²) in [7, 11) is 0. The van der Waals surface area contributed by atoms with E-state index in [4.69, 9.17) is 0 Å². The maximum Gasteiger partial charge on any atom is 0.248 e. The summed E-state index contributed by atoms with van der Waals surface area (Å²) in [6, 6.07) is 17.4. The molecule has 1 aliphatic rings. The highest BCUT2D eigenvalue weighted by Crippen LogP contribution is 2.32. The molecular formula is C22H25N5. The van der Waals surface area contributed by atoms with Crippen molar-refractivity contribution in [3.8, 4) is 0 Å². The predicted octanol–water partition coefficient (Wildman–Crippen LogP) is 4.98. The number of nitrogens with one attached hydrogen (secondary N) is 1. The molecule has 138 valence electrons. The second-order valence-corrected chi connectivity index (χ2v) is 7.70. The maximum atomic E-state index is 4.19. The van der Waals surface area contributed by atoms with E-state index >= 15 is 0 Å². The molecule has 5 nitrogen and oxygen atoms in total. The van der Waals surface area contributed by atoms with Gasteiger partial charge in [0.15, 0.2) is 0 Å². The Morgan fingerprint density at radius 2 is 1.44 bits per heavy atom. The van der Waals surface area contributed by atoms with Gasteiger partial charge in [0.25, 0.3) is 0 Å². The van der Waals surface area contributed by atoms with Crippen LogP contribution in [0.5, 0.6) is 0 Å². The van der Waals surface area contributed by atoms with Crippen molar-refractivity contribution in [3.63, 3.8) is 0 Å². The first kappa shape index (κ1) is 17.5. The molecule has 5 heteroatoms. The van der Waals surface area contributed by atoms with Crippen molar-refractivity contribution in [2.75, 3.05) is 5.32 Å². The molecule has 0 bridgehead atoms. The number of aromatic nitrogens is 4. The van der Waals surface area contributed by atoms with E-state index in [1.807, 2.05) is 4.68 Å². The van der Waals surface area contributed by atoms with E-state index in [9.17, 15) is 0 Å². The number of tetrazole rings is 1. The summed E-state index contributed by atoms with van der Waals surface area (Å²) in [5.74, 6) is 1.70. The van der Waals surface area contributed by atoms with E-state index < -0.39 is 0 Å². The zero-order chi connectivity index (χ0) is 19.0. The van der Waals surface area contributed by atoms with Crippen LogP contribution in [0.3, 0.4) is 0 Å². The van der Waals surface area contributed by atoms with Crippen molar-refractivity contribution in [3.05, 3.63) is 76.9 Å². The van der Waals surface area contributed by atoms with Crippen LogP contribution >= 0.6 is 0 Å². The molecule has 1 N–H and O–H groups in total. The van der Waals surface area contributed by atoms with Gasteiger partial charge in [-0.2, -0.15) is 4.68 Å². The van der Waals surface area contributed by atoms with Crippen molar-refractivity contribution in [2.24, 2.45) is 0 Å². The van der Waals surface area contributed by atoms with E-state index in [0.717, 1.165) is 11.3 Å². The minimum absolute atomic E-state index is 0.0303. The van der Waals surface area contributed by atoms with E-state index in [1.165, 1.54) is 16.7 Å². The van der Waals surface area contributed by atoms with Crippen LogP contribution in [0, 0.1) is 0 Å². The fraction of sp³-hybridized carbons (Fsp3) is 0.318. The van der Waals surface area contributed by atoms with Crippen LogP contribution in [0.4, 0.5) is 5.95 Å². The highest BCUT2D eigenvalue weighted by molar-refractivity contribution is 5.77. The molecule has 4 rings (SSSR count). The van der Waals surface area contributed by atoms with Crippen molar-refractivity contribution in [1.82, 2.24) is 20.2 Å². The van der Waals surface area contributed by atoms with Gasteiger partial charge in [-0.25, -0.2) is 0 Å². The molecule has 3 aromatic rings. The predicted molar refractivity (Wildman–Crippen MR) is 109 cm³/mol. The lowest BCUT2D eigenvalue weighted by atomic mass is 9.96. The first-order valence-electron chi connectivity index (χ1n) is 9.50. The third kappa shape index (κ3) is 3.37. The Bertz CT molecular complexity index is 949. The van der Waals surface area contributed by atoms with Crippen molar-refractivity contribution < 1.29 is 0 Å². The molecular weight excluding hydrogens is 334 g/mol. The molecule has 1 aliphatic heterocycles. The van der Waals surface area contributed by atoms with E-state index in [1.54, 1.807) is 0 Å². The third-order valence-corrected chi connectivity index (χ3v) is 5.16. The molecule has 0 fully saturated rings. The largest absolute Gasteiger partial charge is 0.323 e. The van der Waals surface area contributed by atoms with Crippen LogP contribution in [-0.4, -0.2) is 20.2 Å². The van der Waals surface area contributed by atoms with Gasteiger partial charge in [-0.3, -0.25) is 0 Å². The normalized spacial score (nSPS) is 16.2. The fourth-order valence-corrected chi connectivity index (χ4v) is 3.39. The Morgan fingerprint density at radius 3 is 2.04 bits per heavy atom. The van der Waals surface area contributed by atoms with Gasteiger partial charge in [0.2, 0.25) is 5.95 Å². The summed E-state index contributed by atoms with van der Waals surface area (Å²) < 4.78 is 1.83. The Balaban J connectivity index is 1.71. The first-order chi connectivity index (χ1) is 13.0. The summed E-state index contributed by atoms with van der Waals surface area (Å²) in [4.78, 5) is 0. The molecule has 2 aromatic carbocycles. The quantitative estimate of drug-likeness (QED) is 0.714. The lowest BCUT2D eigenvalue weighted by Gasteiger charge is -2.24. The second-order valence-electron chi connectivity index (χ2n) is 7.70. The van der Waals surface area contributed by atoms with Gasteiger partial charge in [0.05, 0.1) is 0 Å². The molecule has 0 amide bonds. The number of anilines is 1. The average Bonchev–Trinajstić information content (AvgIpc) is 3.16. The van der Waals surface area contributed by atoms with Gasteiger partial charge in [-0.1, -0.05) is 81.3 Å². The van der Waals surface area contributed by atoms with Gasteiger partial charge >= 0.3 is 0 Å². The average molecular weight is 359 g/mol. The van der Waals surface area contributed by atoms with Crippen molar-refractivity contribution in [2.45, 2.75) is 45.6 Å². The highest BCUT2D eigenvalue weighted by Gasteiger charge is 2.24. The first-order valence-corrected chi connectivity index (χ1v) is 9.50. The van der Waals surface area contributed by atoms with Crippen LogP contribution in [0.25, 0.3) is 5.70 Å². The van der Waals surface area contributed by atoms with Crippen molar-refractivity contribution >= 4 is 11.6 Å². The number of fused-ring (bicyclic) bond motifs is 1. The molecule has 0 aliphatic carbocycles. The zero-order valence-corrected chi connectivity index (χ0v) is 16.2. The van der Waals surface area contributed by atoms with Crippen LogP contribution < -0.4 is 5.32 Å². The van der Waals surface area contributed by atoms with Crippen LogP contribution in [0.2, 0.25) is 0 Å². The molecule has 0 radical (unpaired) electrons. The number of nitrogens with zero attached hydrogens (tertiary/aromatic N) is 4. The number of hydrogen-bond donors (Lipinski definition) is 1. The minimum Gasteiger partial charge on any atom is -0.323 e. The number of rotatable bonds is 4. The lowest BCUT2D eigenvalue weighted by molar-refractivity contribution is 0.585. The second kappa shape index (κ2) is 6.99. The third-order valence-electron chi connectivity index (χ3n) is 5.16. The number of allylic oxidation sites excluding steroid dienone is 1. The standard InChI is InChI=1S/C22H25N5/c1-14(2)16-5-9-18(10-6-16)20-13-21(27-22(23-20)24-25-26-27)19-11-7-17(8-12-19)15(3)4/h5-15,21H,1-4H3,(H,23,24,26). The zero-order valence-electron chi connectivity index (χ0n) is 16.2. The summed E-state index contributed by atoms with van der Waals surface area (Å²) in [5, 5.41) is 15.6. The molecule has 27 heavy (non-hydrogen) atoms. The molecule has 1 unspecified atom stereocenters. The fourth-order valence-electron chi connectivity index (χ4n) is 3.39. The van der Waals surface area contributed by atoms with Gasteiger partial charge in [0, 0.05) is 5.70 Å². The SMILES string of the molecule is CC(C)c1ccc(C2=CC(c3ccc(C(C)C)cc3)n3nnnc3N2)cc1. The maximum absolute atomic E-state index is 4.19. The summed E-state index contributed by atoms with van der Waals surface area (Å²) in [5.41, 5.74) is 6.01. The molecule has 2 heterocycles. The summed E-state index contributed by atoms with van der Waals surface area (Å²) in [6.45, 7) is 8.83. The van der Waals surface area contributed by atoms with Crippen molar-refractivity contribution in [1.29, 1.82) is 0 Å². The summed E-state index contributed by atoms with van der Waals surface area (Å²) in [6.07, 6.45) is 2.19. The molecule has 0 saturated heterocycles. The molecule has 1 aromatic heterocycles. The van der Waals surface area contributed by atoms with E-state index in [0.29, 0.717) is 17.8 Å². The van der Waals surface area contributed by atoms with E-state index in [2.05, 4.69) is 103 Å². The minimum atomic E-state index is -0.0303. The Kier molecular flexibility index (Phi) is 4.52. The Labute approximate surface area is 160 Å². The number of benzene rings is 2. The van der Waals surface area contributed by atoms with Gasteiger partial charge < -0.3 is 5.32 Å². The van der Waals surface area contributed by atoms with Gasteiger partial charge in [0.1, 0.15) is 6.04 Å². The van der Waals surface area contributed by atoms with Crippen LogP contribution in [0.1, 0.15) is 67.8 Å². The van der Waals surface area contributed by atoms with Crippen LogP contribution in [0.15, 0.2) is 54.6 Å². The lowest BCUT2D eigenvalue weighted by Crippen LogP contribution is -2.20. The summed E-state index contributed by atoms with van der Waals surface area (Å²) >= 11 is 0. The van der Waals surface area contributed by atoms with Crippen LogP contribution in [-0.2, 0) is 0 Å². The Hall–Kier alpha value is -2.95. The highest BCUT2D eigenvalue weighted by atomic mass is 15.6.